The smallest absolute Gasteiger partial charge is 0.0933 e. The molecule has 1 fully saturated rings. The number of hydrogen-bond acceptors (Lipinski definition) is 3. The number of rotatable bonds is 3. The van der Waals surface area contributed by atoms with E-state index >= 15 is 0 Å². The fraction of sp³-hybridized carbons (Fsp3) is 0.316. The second-order valence-electron chi connectivity index (χ2n) is 6.02. The lowest BCUT2D eigenvalue weighted by Gasteiger charge is -2.13. The summed E-state index contributed by atoms with van der Waals surface area (Å²) in [5.74, 6) is 6.73. The van der Waals surface area contributed by atoms with Crippen molar-refractivity contribution in [3.05, 3.63) is 53.7 Å². The summed E-state index contributed by atoms with van der Waals surface area (Å²) in [5.41, 5.74) is 4.14. The van der Waals surface area contributed by atoms with Crippen LogP contribution >= 0.6 is 0 Å². The van der Waals surface area contributed by atoms with Crippen LogP contribution in [0.25, 0.3) is 10.9 Å². The van der Waals surface area contributed by atoms with E-state index in [1.165, 1.54) is 12.8 Å². The van der Waals surface area contributed by atoms with Crippen LogP contribution in [0.3, 0.4) is 0 Å². The van der Waals surface area contributed by atoms with E-state index in [1.807, 2.05) is 42.3 Å². The Kier molecular flexibility index (Phi) is 3.34. The molecule has 1 atom stereocenters. The van der Waals surface area contributed by atoms with Crippen LogP contribution in [-0.4, -0.2) is 19.7 Å². The van der Waals surface area contributed by atoms with Crippen LogP contribution in [0.4, 0.5) is 0 Å². The predicted octanol–water partition coefficient (Wildman–Crippen LogP) is 3.68. The van der Waals surface area contributed by atoms with Crippen molar-refractivity contribution < 1.29 is 0 Å². The highest BCUT2D eigenvalue weighted by molar-refractivity contribution is 5.85. The lowest BCUT2D eigenvalue weighted by molar-refractivity contribution is 0.566. The minimum atomic E-state index is 0.0399. The van der Waals surface area contributed by atoms with E-state index in [1.54, 1.807) is 0 Å². The standard InChI is InChI=1S/C19H18N4/c1-3-5-14-6-4-7-19-16(14)10-22-23(19)13(2)17-11-21-18(12-20-17)15-8-9-15/h4,6-7,10-13,15H,8-9H2,1-2H3. The molecule has 4 rings (SSSR count). The molecular weight excluding hydrogens is 284 g/mol. The first kappa shape index (κ1) is 14.0. The van der Waals surface area contributed by atoms with Crippen molar-refractivity contribution in [1.82, 2.24) is 19.7 Å². The van der Waals surface area contributed by atoms with Gasteiger partial charge >= 0.3 is 0 Å². The molecule has 0 bridgehead atoms. The predicted molar refractivity (Wildman–Crippen MR) is 90.1 cm³/mol. The van der Waals surface area contributed by atoms with Crippen molar-refractivity contribution in [2.75, 3.05) is 0 Å². The largest absolute Gasteiger partial charge is 0.257 e. The molecule has 114 valence electrons. The van der Waals surface area contributed by atoms with Gasteiger partial charge in [-0.2, -0.15) is 5.10 Å². The maximum absolute atomic E-state index is 4.61. The van der Waals surface area contributed by atoms with Gasteiger partial charge in [0.2, 0.25) is 0 Å². The van der Waals surface area contributed by atoms with Crippen molar-refractivity contribution >= 4 is 10.9 Å². The number of benzene rings is 1. The third-order valence-electron chi connectivity index (χ3n) is 4.38. The maximum Gasteiger partial charge on any atom is 0.0933 e. The molecule has 0 saturated heterocycles. The van der Waals surface area contributed by atoms with Crippen LogP contribution in [0.5, 0.6) is 0 Å². The van der Waals surface area contributed by atoms with Gasteiger partial charge in [-0.25, -0.2) is 0 Å². The zero-order valence-corrected chi connectivity index (χ0v) is 13.3. The summed E-state index contributed by atoms with van der Waals surface area (Å²) >= 11 is 0. The SMILES string of the molecule is CC#Cc1cccc2c1cnn2C(C)c1cnc(C2CC2)cn1. The van der Waals surface area contributed by atoms with Crippen LogP contribution < -0.4 is 0 Å². The minimum absolute atomic E-state index is 0.0399. The Morgan fingerprint density at radius 2 is 2.04 bits per heavy atom. The van der Waals surface area contributed by atoms with Gasteiger partial charge in [0.25, 0.3) is 0 Å². The summed E-state index contributed by atoms with van der Waals surface area (Å²) in [7, 11) is 0. The summed E-state index contributed by atoms with van der Waals surface area (Å²) in [6, 6.07) is 6.17. The van der Waals surface area contributed by atoms with Crippen molar-refractivity contribution in [3.8, 4) is 11.8 Å². The summed E-state index contributed by atoms with van der Waals surface area (Å²) in [6.45, 7) is 3.95. The van der Waals surface area contributed by atoms with Gasteiger partial charge < -0.3 is 0 Å². The molecule has 0 spiro atoms. The Morgan fingerprint density at radius 3 is 2.74 bits per heavy atom. The molecule has 4 heteroatoms. The van der Waals surface area contributed by atoms with E-state index in [4.69, 9.17) is 0 Å². The van der Waals surface area contributed by atoms with Gasteiger partial charge in [-0.15, -0.1) is 5.92 Å². The normalized spacial score (nSPS) is 15.2. The lowest BCUT2D eigenvalue weighted by Crippen LogP contribution is -2.10. The monoisotopic (exact) mass is 302 g/mol. The molecule has 0 amide bonds. The van der Waals surface area contributed by atoms with E-state index < -0.39 is 0 Å². The second kappa shape index (κ2) is 5.51. The van der Waals surface area contributed by atoms with Crippen LogP contribution in [0.1, 0.15) is 55.6 Å². The first-order valence-corrected chi connectivity index (χ1v) is 7.98. The molecule has 1 aromatic carbocycles. The van der Waals surface area contributed by atoms with Gasteiger partial charge in [0.05, 0.1) is 35.3 Å². The molecular formula is C19H18N4. The van der Waals surface area contributed by atoms with E-state index in [-0.39, 0.29) is 6.04 Å². The van der Waals surface area contributed by atoms with Crippen LogP contribution in [-0.2, 0) is 0 Å². The molecule has 0 aliphatic heterocycles. The van der Waals surface area contributed by atoms with Gasteiger partial charge in [0.1, 0.15) is 0 Å². The van der Waals surface area contributed by atoms with Crippen molar-refractivity contribution in [3.63, 3.8) is 0 Å². The van der Waals surface area contributed by atoms with E-state index in [0.29, 0.717) is 5.92 Å². The summed E-state index contributed by atoms with van der Waals surface area (Å²) in [6.07, 6.45) is 8.19. The molecule has 0 radical (unpaired) electrons. The quantitative estimate of drug-likeness (QED) is 0.693. The lowest BCUT2D eigenvalue weighted by atomic mass is 10.1. The molecule has 0 N–H and O–H groups in total. The first-order valence-electron chi connectivity index (χ1n) is 7.98. The molecule has 2 heterocycles. The first-order chi connectivity index (χ1) is 11.3. The number of aromatic nitrogens is 4. The third kappa shape index (κ3) is 2.49. The van der Waals surface area contributed by atoms with Gasteiger partial charge in [-0.1, -0.05) is 12.0 Å². The summed E-state index contributed by atoms with van der Waals surface area (Å²) in [4.78, 5) is 9.18. The van der Waals surface area contributed by atoms with Gasteiger partial charge in [-0.3, -0.25) is 14.6 Å². The van der Waals surface area contributed by atoms with Gasteiger partial charge in [0.15, 0.2) is 0 Å². The Labute approximate surface area is 135 Å². The topological polar surface area (TPSA) is 43.6 Å². The van der Waals surface area contributed by atoms with Crippen molar-refractivity contribution in [2.45, 2.75) is 38.6 Å². The highest BCUT2D eigenvalue weighted by atomic mass is 15.3. The molecule has 1 aliphatic carbocycles. The Morgan fingerprint density at radius 1 is 1.17 bits per heavy atom. The minimum Gasteiger partial charge on any atom is -0.257 e. The summed E-state index contributed by atoms with van der Waals surface area (Å²) < 4.78 is 2.00. The zero-order chi connectivity index (χ0) is 15.8. The fourth-order valence-corrected chi connectivity index (χ4v) is 2.90. The van der Waals surface area contributed by atoms with E-state index in [0.717, 1.165) is 27.9 Å². The average Bonchev–Trinajstić information content (AvgIpc) is 3.34. The molecule has 3 aromatic rings. The number of nitrogens with zero attached hydrogens (tertiary/aromatic N) is 4. The van der Waals surface area contributed by atoms with E-state index in [9.17, 15) is 0 Å². The second-order valence-corrected chi connectivity index (χ2v) is 6.02. The van der Waals surface area contributed by atoms with Gasteiger partial charge in [-0.05, 0) is 38.8 Å². The van der Waals surface area contributed by atoms with Crippen LogP contribution in [0.15, 0.2) is 36.8 Å². The van der Waals surface area contributed by atoms with Crippen molar-refractivity contribution in [2.24, 2.45) is 0 Å². The Hall–Kier alpha value is -2.67. The molecule has 2 aromatic heterocycles. The molecule has 1 aliphatic rings. The molecule has 4 nitrogen and oxygen atoms in total. The summed E-state index contributed by atoms with van der Waals surface area (Å²) in [5, 5.41) is 5.65. The maximum atomic E-state index is 4.61. The van der Waals surface area contributed by atoms with Gasteiger partial charge in [0, 0.05) is 23.1 Å². The average molecular weight is 302 g/mol. The van der Waals surface area contributed by atoms with Crippen LogP contribution in [0, 0.1) is 11.8 Å². The zero-order valence-electron chi connectivity index (χ0n) is 13.3. The third-order valence-corrected chi connectivity index (χ3v) is 4.38. The number of fused-ring (bicyclic) bond motifs is 1. The van der Waals surface area contributed by atoms with Crippen molar-refractivity contribution in [1.29, 1.82) is 0 Å². The molecule has 1 unspecified atom stereocenters. The molecule has 23 heavy (non-hydrogen) atoms. The Balaban J connectivity index is 1.72. The highest BCUT2D eigenvalue weighted by Crippen LogP contribution is 2.38. The van der Waals surface area contributed by atoms with E-state index in [2.05, 4.69) is 39.9 Å². The Bertz CT molecular complexity index is 908. The van der Waals surface area contributed by atoms with Crippen LogP contribution in [0.2, 0.25) is 0 Å². The molecule has 1 saturated carbocycles. The highest BCUT2D eigenvalue weighted by Gasteiger charge is 2.25. The fourth-order valence-electron chi connectivity index (χ4n) is 2.90. The number of hydrogen-bond donors (Lipinski definition) is 0.